The molecule has 1 unspecified atom stereocenters. The van der Waals surface area contributed by atoms with Crippen LogP contribution in [0, 0.1) is 0 Å². The first-order valence-corrected chi connectivity index (χ1v) is 10.8. The molecule has 1 amide bonds. The number of anilines is 1. The lowest BCUT2D eigenvalue weighted by Gasteiger charge is -2.26. The number of hydrogen-bond donors (Lipinski definition) is 1. The average molecular weight is 388 g/mol. The van der Waals surface area contributed by atoms with Crippen LogP contribution in [0.1, 0.15) is 36.3 Å². The summed E-state index contributed by atoms with van der Waals surface area (Å²) in [5.41, 5.74) is 1.32. The molecule has 3 rings (SSSR count). The van der Waals surface area contributed by atoms with Gasteiger partial charge in [-0.1, -0.05) is 30.3 Å². The predicted molar refractivity (Wildman–Crippen MR) is 104 cm³/mol. The van der Waals surface area contributed by atoms with Gasteiger partial charge in [0.15, 0.2) is 15.5 Å². The molecule has 1 fully saturated rings. The number of rotatable bonds is 6. The van der Waals surface area contributed by atoms with Gasteiger partial charge in [-0.25, -0.2) is 8.42 Å². The minimum Gasteiger partial charge on any atom is -0.365 e. The molecule has 2 aromatic rings. The molecule has 2 heterocycles. The lowest BCUT2D eigenvalue weighted by Crippen LogP contribution is -2.37. The van der Waals surface area contributed by atoms with E-state index in [0.717, 1.165) is 5.56 Å². The van der Waals surface area contributed by atoms with Crippen molar-refractivity contribution in [2.24, 2.45) is 0 Å². The summed E-state index contributed by atoms with van der Waals surface area (Å²) in [5, 5.41) is 11.2. The Labute approximate surface area is 159 Å². The van der Waals surface area contributed by atoms with Gasteiger partial charge in [0.2, 0.25) is 0 Å². The van der Waals surface area contributed by atoms with Gasteiger partial charge >= 0.3 is 0 Å². The van der Waals surface area contributed by atoms with Crippen LogP contribution in [-0.2, 0) is 16.4 Å². The molecule has 1 saturated heterocycles. The number of sulfone groups is 1. The van der Waals surface area contributed by atoms with E-state index in [9.17, 15) is 13.2 Å². The van der Waals surface area contributed by atoms with Crippen molar-refractivity contribution in [3.8, 4) is 0 Å². The molecule has 1 atom stereocenters. The molecular formula is C19H24N4O3S. The number of nitrogens with zero attached hydrogens (tertiary/aromatic N) is 3. The van der Waals surface area contributed by atoms with E-state index < -0.39 is 9.84 Å². The van der Waals surface area contributed by atoms with Crippen LogP contribution in [0.25, 0.3) is 0 Å². The third-order valence-electron chi connectivity index (χ3n) is 4.55. The van der Waals surface area contributed by atoms with Crippen molar-refractivity contribution in [2.75, 3.05) is 16.8 Å². The summed E-state index contributed by atoms with van der Waals surface area (Å²) >= 11 is 0. The Morgan fingerprint density at radius 1 is 1.19 bits per heavy atom. The summed E-state index contributed by atoms with van der Waals surface area (Å²) in [6, 6.07) is 13.0. The molecule has 0 saturated carbocycles. The Bertz CT molecular complexity index is 883. The van der Waals surface area contributed by atoms with Crippen molar-refractivity contribution < 1.29 is 13.2 Å². The minimum absolute atomic E-state index is 0.0148. The highest BCUT2D eigenvalue weighted by atomic mass is 32.2. The summed E-state index contributed by atoms with van der Waals surface area (Å²) in [7, 11) is -2.96. The summed E-state index contributed by atoms with van der Waals surface area (Å²) < 4.78 is 23.1. The highest BCUT2D eigenvalue weighted by molar-refractivity contribution is 7.91. The highest BCUT2D eigenvalue weighted by Gasteiger charge is 2.28. The van der Waals surface area contributed by atoms with E-state index in [2.05, 4.69) is 15.5 Å². The molecule has 0 aliphatic carbocycles. The number of carbonyl (C=O) groups excluding carboxylic acids is 1. The number of carbonyl (C=O) groups is 1. The van der Waals surface area contributed by atoms with Crippen LogP contribution >= 0.6 is 0 Å². The minimum atomic E-state index is -2.96. The van der Waals surface area contributed by atoms with Crippen LogP contribution in [-0.4, -0.2) is 53.0 Å². The van der Waals surface area contributed by atoms with E-state index in [0.29, 0.717) is 18.8 Å². The Morgan fingerprint density at radius 3 is 2.48 bits per heavy atom. The molecule has 1 aromatic carbocycles. The number of hydrogen-bond acceptors (Lipinski definition) is 6. The van der Waals surface area contributed by atoms with Crippen LogP contribution < -0.4 is 5.32 Å². The standard InChI is InChI=1S/C19H24N4O3S/c1-14(2)23(12-15-6-4-3-5-7-15)19(24)17-8-9-18(22-21-17)20-16-10-11-27(25,26)13-16/h3-9,14,16H,10-13H2,1-2H3,(H,20,22). The first-order valence-electron chi connectivity index (χ1n) is 8.99. The van der Waals surface area contributed by atoms with Crippen LogP contribution in [0.15, 0.2) is 42.5 Å². The molecule has 1 aliphatic rings. The average Bonchev–Trinajstić information content (AvgIpc) is 2.99. The smallest absolute Gasteiger partial charge is 0.274 e. The lowest BCUT2D eigenvalue weighted by molar-refractivity contribution is 0.0683. The number of nitrogens with one attached hydrogen (secondary N) is 1. The second-order valence-corrected chi connectivity index (χ2v) is 9.29. The van der Waals surface area contributed by atoms with Crippen molar-refractivity contribution in [1.82, 2.24) is 15.1 Å². The molecular weight excluding hydrogens is 364 g/mol. The number of benzene rings is 1. The Kier molecular flexibility index (Phi) is 5.74. The summed E-state index contributed by atoms with van der Waals surface area (Å²) in [6.45, 7) is 4.43. The number of amides is 1. The zero-order chi connectivity index (χ0) is 19.4. The van der Waals surface area contributed by atoms with Crippen molar-refractivity contribution in [3.63, 3.8) is 0 Å². The normalized spacial score (nSPS) is 18.4. The number of aromatic nitrogens is 2. The van der Waals surface area contributed by atoms with E-state index in [1.54, 1.807) is 17.0 Å². The Hall–Kier alpha value is -2.48. The van der Waals surface area contributed by atoms with Crippen LogP contribution in [0.4, 0.5) is 5.82 Å². The molecule has 1 aromatic heterocycles. The quantitative estimate of drug-likeness (QED) is 0.815. The van der Waals surface area contributed by atoms with Gasteiger partial charge in [0.1, 0.15) is 5.82 Å². The van der Waals surface area contributed by atoms with E-state index in [1.807, 2.05) is 44.2 Å². The summed E-state index contributed by atoms with van der Waals surface area (Å²) in [6.07, 6.45) is 0.558. The maximum atomic E-state index is 12.9. The van der Waals surface area contributed by atoms with Gasteiger partial charge in [0.25, 0.3) is 5.91 Å². The molecule has 7 nitrogen and oxygen atoms in total. The molecule has 1 N–H and O–H groups in total. The molecule has 144 valence electrons. The van der Waals surface area contributed by atoms with Crippen molar-refractivity contribution in [3.05, 3.63) is 53.7 Å². The van der Waals surface area contributed by atoms with Crippen molar-refractivity contribution in [2.45, 2.75) is 38.9 Å². The highest BCUT2D eigenvalue weighted by Crippen LogP contribution is 2.17. The molecule has 27 heavy (non-hydrogen) atoms. The zero-order valence-electron chi connectivity index (χ0n) is 15.5. The zero-order valence-corrected chi connectivity index (χ0v) is 16.3. The predicted octanol–water partition coefficient (Wildman–Crippen LogP) is 2.13. The van der Waals surface area contributed by atoms with Gasteiger partial charge in [0.05, 0.1) is 11.5 Å². The maximum Gasteiger partial charge on any atom is 0.274 e. The van der Waals surface area contributed by atoms with Gasteiger partial charge in [-0.05, 0) is 38.0 Å². The molecule has 0 radical (unpaired) electrons. The van der Waals surface area contributed by atoms with Crippen LogP contribution in [0.3, 0.4) is 0 Å². The molecule has 1 aliphatic heterocycles. The fraction of sp³-hybridized carbons (Fsp3) is 0.421. The van der Waals surface area contributed by atoms with Crippen molar-refractivity contribution in [1.29, 1.82) is 0 Å². The van der Waals surface area contributed by atoms with Gasteiger partial charge in [-0.2, -0.15) is 0 Å². The lowest BCUT2D eigenvalue weighted by atomic mass is 10.1. The molecule has 0 spiro atoms. The fourth-order valence-corrected chi connectivity index (χ4v) is 4.73. The second kappa shape index (κ2) is 8.04. The fourth-order valence-electron chi connectivity index (χ4n) is 3.06. The maximum absolute atomic E-state index is 12.9. The monoisotopic (exact) mass is 388 g/mol. The first kappa shape index (κ1) is 19.3. The van der Waals surface area contributed by atoms with Gasteiger partial charge < -0.3 is 10.2 Å². The third kappa shape index (κ3) is 5.03. The van der Waals surface area contributed by atoms with Crippen LogP contribution in [0.2, 0.25) is 0 Å². The Balaban J connectivity index is 1.68. The molecule has 8 heteroatoms. The molecule has 0 bridgehead atoms. The van der Waals surface area contributed by atoms with Gasteiger partial charge in [-0.3, -0.25) is 4.79 Å². The SMILES string of the molecule is CC(C)N(Cc1ccccc1)C(=O)c1ccc(NC2CCS(=O)(=O)C2)nn1. The first-order chi connectivity index (χ1) is 12.8. The van der Waals surface area contributed by atoms with E-state index >= 15 is 0 Å². The Morgan fingerprint density at radius 2 is 1.93 bits per heavy atom. The van der Waals surface area contributed by atoms with Gasteiger partial charge in [0, 0.05) is 18.6 Å². The van der Waals surface area contributed by atoms with E-state index in [4.69, 9.17) is 0 Å². The van der Waals surface area contributed by atoms with Crippen LogP contribution in [0.5, 0.6) is 0 Å². The second-order valence-electron chi connectivity index (χ2n) is 7.06. The summed E-state index contributed by atoms with van der Waals surface area (Å²) in [4.78, 5) is 14.6. The van der Waals surface area contributed by atoms with Crippen molar-refractivity contribution >= 4 is 21.6 Å². The topological polar surface area (TPSA) is 92.3 Å². The third-order valence-corrected chi connectivity index (χ3v) is 6.32. The van der Waals surface area contributed by atoms with E-state index in [-0.39, 0.29) is 35.2 Å². The largest absolute Gasteiger partial charge is 0.365 e. The van der Waals surface area contributed by atoms with Gasteiger partial charge in [-0.15, -0.1) is 10.2 Å². The summed E-state index contributed by atoms with van der Waals surface area (Å²) in [5.74, 6) is 0.592. The van der Waals surface area contributed by atoms with E-state index in [1.165, 1.54) is 0 Å².